The van der Waals surface area contributed by atoms with Crippen molar-refractivity contribution < 1.29 is 12.8 Å². The zero-order chi connectivity index (χ0) is 20.0. The van der Waals surface area contributed by atoms with Crippen molar-refractivity contribution in [2.75, 3.05) is 13.1 Å². The predicted octanol–water partition coefficient (Wildman–Crippen LogP) is 3.75. The van der Waals surface area contributed by atoms with Crippen LogP contribution in [-0.4, -0.2) is 40.8 Å². The fourth-order valence-electron chi connectivity index (χ4n) is 3.99. The van der Waals surface area contributed by atoms with Crippen LogP contribution in [0.4, 0.5) is 4.39 Å². The Labute approximate surface area is 167 Å². The van der Waals surface area contributed by atoms with E-state index >= 15 is 0 Å². The molecule has 0 bridgehead atoms. The summed E-state index contributed by atoms with van der Waals surface area (Å²) in [6, 6.07) is 17.4. The highest BCUT2D eigenvalue weighted by Crippen LogP contribution is 2.29. The van der Waals surface area contributed by atoms with Gasteiger partial charge in [-0.3, -0.25) is 0 Å². The van der Waals surface area contributed by atoms with Crippen molar-refractivity contribution in [2.45, 2.75) is 23.8 Å². The molecule has 1 aromatic heterocycles. The van der Waals surface area contributed by atoms with E-state index in [1.54, 1.807) is 22.9 Å². The maximum atomic E-state index is 13.4. The van der Waals surface area contributed by atoms with Crippen molar-refractivity contribution in [1.29, 1.82) is 0 Å². The van der Waals surface area contributed by atoms with Crippen LogP contribution in [0.5, 0.6) is 0 Å². The van der Waals surface area contributed by atoms with E-state index in [0.717, 1.165) is 16.3 Å². The largest absolute Gasteiger partial charge is 0.243 e. The lowest BCUT2D eigenvalue weighted by molar-refractivity contribution is 0.263. The number of aromatic nitrogens is 3. The third kappa shape index (κ3) is 3.18. The van der Waals surface area contributed by atoms with Crippen LogP contribution >= 0.6 is 0 Å². The quantitative estimate of drug-likeness (QED) is 0.516. The van der Waals surface area contributed by atoms with Gasteiger partial charge in [-0.1, -0.05) is 35.5 Å². The van der Waals surface area contributed by atoms with Crippen molar-refractivity contribution >= 4 is 31.8 Å². The number of nitrogens with zero attached hydrogens (tertiary/aromatic N) is 4. The third-order valence-corrected chi connectivity index (χ3v) is 7.46. The van der Waals surface area contributed by atoms with Gasteiger partial charge in [-0.25, -0.2) is 17.5 Å². The third-order valence-electron chi connectivity index (χ3n) is 5.56. The van der Waals surface area contributed by atoms with Crippen LogP contribution in [0.3, 0.4) is 0 Å². The number of piperidine rings is 1. The van der Waals surface area contributed by atoms with Crippen molar-refractivity contribution in [3.8, 4) is 0 Å². The lowest BCUT2D eigenvalue weighted by atomic mass is 10.1. The van der Waals surface area contributed by atoms with E-state index in [1.807, 2.05) is 30.3 Å². The molecular weight excluding hydrogens is 391 g/mol. The topological polar surface area (TPSA) is 68.1 Å². The molecule has 0 radical (unpaired) electrons. The van der Waals surface area contributed by atoms with E-state index in [4.69, 9.17) is 0 Å². The Bertz CT molecular complexity index is 1310. The van der Waals surface area contributed by atoms with Gasteiger partial charge in [0.15, 0.2) is 0 Å². The van der Waals surface area contributed by atoms with Crippen molar-refractivity contribution in [3.63, 3.8) is 0 Å². The molecule has 0 aliphatic carbocycles. The summed E-state index contributed by atoms with van der Waals surface area (Å²) in [7, 11) is -3.56. The number of fused-ring (bicyclic) bond motifs is 2. The van der Waals surface area contributed by atoms with Crippen LogP contribution in [0, 0.1) is 5.82 Å². The van der Waals surface area contributed by atoms with Crippen LogP contribution < -0.4 is 0 Å². The van der Waals surface area contributed by atoms with Gasteiger partial charge in [0.05, 0.1) is 16.5 Å². The first-order valence-corrected chi connectivity index (χ1v) is 11.0. The Kier molecular flexibility index (Phi) is 4.33. The Morgan fingerprint density at radius 1 is 0.931 bits per heavy atom. The smallest absolute Gasteiger partial charge is 0.241 e. The summed E-state index contributed by atoms with van der Waals surface area (Å²) in [5.41, 5.74) is 1.28. The Balaban J connectivity index is 1.37. The second-order valence-electron chi connectivity index (χ2n) is 7.31. The van der Waals surface area contributed by atoms with E-state index < -0.39 is 10.0 Å². The van der Waals surface area contributed by atoms with Crippen LogP contribution in [0.15, 0.2) is 65.6 Å². The standard InChI is InChI=1S/C21H19FN4O2S/c22-17-6-8-21-20(14-17)23-24-26(21)18-9-11-25(12-10-18)29(27,28)19-7-5-15-3-1-2-4-16(15)13-19/h1-8,13-14,18H,9-12H2. The molecule has 3 aromatic carbocycles. The Hall–Kier alpha value is -2.84. The summed E-state index contributed by atoms with van der Waals surface area (Å²) in [5, 5.41) is 10.1. The fraction of sp³-hybridized carbons (Fsp3) is 0.238. The van der Waals surface area contributed by atoms with E-state index in [1.165, 1.54) is 16.4 Å². The van der Waals surface area contributed by atoms with Gasteiger partial charge in [-0.15, -0.1) is 5.10 Å². The minimum Gasteiger partial charge on any atom is -0.241 e. The molecule has 1 aliphatic heterocycles. The molecule has 1 fully saturated rings. The SMILES string of the molecule is O=S(=O)(c1ccc2ccccc2c1)N1CCC(n2nnc3cc(F)ccc32)CC1. The lowest BCUT2D eigenvalue weighted by Crippen LogP contribution is -2.39. The van der Waals surface area contributed by atoms with Crippen LogP contribution in [0.1, 0.15) is 18.9 Å². The van der Waals surface area contributed by atoms with Gasteiger partial charge < -0.3 is 0 Å². The molecule has 1 aliphatic rings. The molecule has 0 saturated carbocycles. The van der Waals surface area contributed by atoms with Gasteiger partial charge in [0.25, 0.3) is 0 Å². The number of sulfonamides is 1. The lowest BCUT2D eigenvalue weighted by Gasteiger charge is -2.31. The zero-order valence-corrected chi connectivity index (χ0v) is 16.4. The maximum absolute atomic E-state index is 13.4. The first kappa shape index (κ1) is 18.2. The maximum Gasteiger partial charge on any atom is 0.243 e. The number of benzene rings is 3. The summed E-state index contributed by atoms with van der Waals surface area (Å²) in [6.45, 7) is 0.810. The molecule has 29 heavy (non-hydrogen) atoms. The molecular formula is C21H19FN4O2S. The number of hydrogen-bond acceptors (Lipinski definition) is 4. The van der Waals surface area contributed by atoms with Gasteiger partial charge in [0, 0.05) is 19.2 Å². The average molecular weight is 410 g/mol. The number of hydrogen-bond donors (Lipinski definition) is 0. The van der Waals surface area contributed by atoms with Crippen molar-refractivity contribution in [2.24, 2.45) is 0 Å². The highest BCUT2D eigenvalue weighted by Gasteiger charge is 2.31. The second kappa shape index (κ2) is 6.89. The molecule has 0 N–H and O–H groups in total. The summed E-state index contributed by atoms with van der Waals surface area (Å²) in [6.07, 6.45) is 1.26. The highest BCUT2D eigenvalue weighted by atomic mass is 32.2. The van der Waals surface area contributed by atoms with Crippen molar-refractivity contribution in [3.05, 3.63) is 66.5 Å². The summed E-state index contributed by atoms with van der Waals surface area (Å²) < 4.78 is 42.9. The molecule has 1 saturated heterocycles. The molecule has 6 nitrogen and oxygen atoms in total. The minimum absolute atomic E-state index is 0.0357. The van der Waals surface area contributed by atoms with Gasteiger partial charge in [-0.2, -0.15) is 4.31 Å². The van der Waals surface area contributed by atoms with E-state index in [0.29, 0.717) is 36.3 Å². The van der Waals surface area contributed by atoms with Crippen LogP contribution in [-0.2, 0) is 10.0 Å². The molecule has 0 amide bonds. The number of rotatable bonds is 3. The molecule has 5 rings (SSSR count). The Morgan fingerprint density at radius 2 is 1.69 bits per heavy atom. The van der Waals surface area contributed by atoms with E-state index in [9.17, 15) is 12.8 Å². The highest BCUT2D eigenvalue weighted by molar-refractivity contribution is 7.89. The number of halogens is 1. The molecule has 8 heteroatoms. The van der Waals surface area contributed by atoms with E-state index in [2.05, 4.69) is 10.3 Å². The summed E-state index contributed by atoms with van der Waals surface area (Å²) in [5.74, 6) is -0.346. The van der Waals surface area contributed by atoms with Crippen LogP contribution in [0.25, 0.3) is 21.8 Å². The predicted molar refractivity (Wildman–Crippen MR) is 108 cm³/mol. The fourth-order valence-corrected chi connectivity index (χ4v) is 5.49. The molecule has 0 unspecified atom stereocenters. The minimum atomic E-state index is -3.56. The molecule has 148 valence electrons. The zero-order valence-electron chi connectivity index (χ0n) is 15.6. The molecule has 0 spiro atoms. The average Bonchev–Trinajstić information content (AvgIpc) is 3.16. The molecule has 0 atom stereocenters. The first-order chi connectivity index (χ1) is 14.0. The van der Waals surface area contributed by atoms with Crippen LogP contribution in [0.2, 0.25) is 0 Å². The first-order valence-electron chi connectivity index (χ1n) is 9.52. The van der Waals surface area contributed by atoms with Crippen molar-refractivity contribution in [1.82, 2.24) is 19.3 Å². The van der Waals surface area contributed by atoms with Gasteiger partial charge in [0.1, 0.15) is 11.3 Å². The second-order valence-corrected chi connectivity index (χ2v) is 9.25. The summed E-state index contributed by atoms with van der Waals surface area (Å²) in [4.78, 5) is 0.316. The van der Waals surface area contributed by atoms with Gasteiger partial charge >= 0.3 is 0 Å². The van der Waals surface area contributed by atoms with Gasteiger partial charge in [0.2, 0.25) is 10.0 Å². The Morgan fingerprint density at radius 3 is 2.48 bits per heavy atom. The normalized spacial score (nSPS) is 16.6. The monoisotopic (exact) mass is 410 g/mol. The summed E-state index contributed by atoms with van der Waals surface area (Å²) >= 11 is 0. The molecule has 4 aromatic rings. The van der Waals surface area contributed by atoms with Gasteiger partial charge in [-0.05, 0) is 47.9 Å². The molecule has 2 heterocycles. The van der Waals surface area contributed by atoms with E-state index in [-0.39, 0.29) is 11.9 Å².